The van der Waals surface area contributed by atoms with Gasteiger partial charge in [0, 0.05) is 13.0 Å². The number of esters is 1. The highest BCUT2D eigenvalue weighted by molar-refractivity contribution is 7.80. The molecule has 6 unspecified atom stereocenters. The number of aliphatic hydroxyl groups excluding tert-OH is 3. The molecule has 0 amide bonds. The summed E-state index contributed by atoms with van der Waals surface area (Å²) in [5.41, 5.74) is 0. The van der Waals surface area contributed by atoms with Crippen molar-refractivity contribution in [3.63, 3.8) is 0 Å². The lowest BCUT2D eigenvalue weighted by atomic mass is 9.99. The van der Waals surface area contributed by atoms with Crippen LogP contribution in [0, 0.1) is 0 Å². The third-order valence-corrected chi connectivity index (χ3v) is 10.9. The molecule has 0 aliphatic carbocycles. The second-order valence-electron chi connectivity index (χ2n) is 15.6. The second-order valence-corrected chi connectivity index (χ2v) is 16.7. The van der Waals surface area contributed by atoms with Crippen LogP contribution in [0.5, 0.6) is 0 Å². The highest BCUT2D eigenvalue weighted by Crippen LogP contribution is 2.26. The van der Waals surface area contributed by atoms with E-state index in [2.05, 4.69) is 23.3 Å². The predicted molar refractivity (Wildman–Crippen MR) is 221 cm³/mol. The normalized spacial score (nSPS) is 20.9. The van der Waals surface area contributed by atoms with Crippen LogP contribution in [0.15, 0.2) is 12.2 Å². The molecule has 56 heavy (non-hydrogen) atoms. The summed E-state index contributed by atoms with van der Waals surface area (Å²) < 4.78 is 58.4. The molecule has 0 spiro atoms. The summed E-state index contributed by atoms with van der Waals surface area (Å²) >= 11 is 0. The Morgan fingerprint density at radius 1 is 0.661 bits per heavy atom. The van der Waals surface area contributed by atoms with Crippen LogP contribution in [-0.4, -0.2) is 97.5 Å². The minimum atomic E-state index is -5.05. The standard InChI is InChI=1S/C43H82O12S/c1-3-5-7-8-9-10-11-12-13-14-15-16-17-18-19-20-21-22-23-24-25-26-27-28-29-31-33-51-35-37(53-39(45)32-30-6-4-2)36-52-43-41(47)42(55-56(48,49)50)40(46)38(34-44)54-43/h14-15,37-38,40-44,46-47H,3-13,16-36H2,1-2H3,(H,48,49,50)/b15-14-. The molecule has 6 atom stereocenters. The summed E-state index contributed by atoms with van der Waals surface area (Å²) in [4.78, 5) is 12.5. The fourth-order valence-corrected chi connectivity index (χ4v) is 7.47. The molecule has 1 aliphatic heterocycles. The van der Waals surface area contributed by atoms with E-state index < -0.39 is 59.8 Å². The Morgan fingerprint density at radius 2 is 1.12 bits per heavy atom. The number of carbonyl (C=O) groups is 1. The maximum absolute atomic E-state index is 12.5. The van der Waals surface area contributed by atoms with Gasteiger partial charge in [-0.05, 0) is 38.5 Å². The Kier molecular flexibility index (Phi) is 33.7. The third-order valence-electron chi connectivity index (χ3n) is 10.4. The van der Waals surface area contributed by atoms with Gasteiger partial charge in [0.1, 0.15) is 30.5 Å². The number of hydrogen-bond acceptors (Lipinski definition) is 11. The molecule has 0 saturated carbocycles. The van der Waals surface area contributed by atoms with E-state index in [4.69, 9.17) is 23.5 Å². The van der Waals surface area contributed by atoms with E-state index in [1.807, 2.05) is 6.92 Å². The summed E-state index contributed by atoms with van der Waals surface area (Å²) in [7, 11) is -5.05. The van der Waals surface area contributed by atoms with Gasteiger partial charge in [-0.25, -0.2) is 4.18 Å². The topological polar surface area (TPSA) is 178 Å². The van der Waals surface area contributed by atoms with Gasteiger partial charge in [-0.2, -0.15) is 8.42 Å². The van der Waals surface area contributed by atoms with Gasteiger partial charge < -0.3 is 34.3 Å². The van der Waals surface area contributed by atoms with Crippen molar-refractivity contribution in [3.8, 4) is 0 Å². The van der Waals surface area contributed by atoms with Gasteiger partial charge in [0.2, 0.25) is 0 Å². The fourth-order valence-electron chi connectivity index (χ4n) is 6.96. The average molecular weight is 823 g/mol. The van der Waals surface area contributed by atoms with E-state index in [1.165, 1.54) is 135 Å². The number of aliphatic hydroxyl groups is 3. The van der Waals surface area contributed by atoms with E-state index in [-0.39, 0.29) is 19.6 Å². The van der Waals surface area contributed by atoms with E-state index >= 15 is 0 Å². The van der Waals surface area contributed by atoms with E-state index in [0.29, 0.717) is 13.0 Å². The van der Waals surface area contributed by atoms with Crippen LogP contribution in [0.4, 0.5) is 0 Å². The zero-order valence-electron chi connectivity index (χ0n) is 35.2. The van der Waals surface area contributed by atoms with Gasteiger partial charge in [-0.1, -0.05) is 161 Å². The first-order valence-corrected chi connectivity index (χ1v) is 23.8. The molecule has 0 bridgehead atoms. The summed E-state index contributed by atoms with van der Waals surface area (Å²) in [6.07, 6.45) is 29.5. The fraction of sp³-hybridized carbons (Fsp3) is 0.930. The van der Waals surface area contributed by atoms with E-state index in [1.54, 1.807) is 0 Å². The molecule has 0 aromatic heterocycles. The quantitative estimate of drug-likeness (QED) is 0.0200. The molecular weight excluding hydrogens is 741 g/mol. The number of carbonyl (C=O) groups excluding carboxylic acids is 1. The number of unbranched alkanes of at least 4 members (excludes halogenated alkanes) is 24. The molecule has 1 saturated heterocycles. The van der Waals surface area contributed by atoms with Gasteiger partial charge in [0.05, 0.1) is 19.8 Å². The van der Waals surface area contributed by atoms with Crippen molar-refractivity contribution in [1.82, 2.24) is 0 Å². The molecule has 1 heterocycles. The highest BCUT2D eigenvalue weighted by atomic mass is 32.3. The lowest BCUT2D eigenvalue weighted by Crippen LogP contribution is -2.60. The second kappa shape index (κ2) is 35.8. The molecule has 0 aromatic rings. The van der Waals surface area contributed by atoms with E-state index in [9.17, 15) is 28.5 Å². The van der Waals surface area contributed by atoms with Crippen LogP contribution in [0.2, 0.25) is 0 Å². The SMILES string of the molecule is CCCCCCCCCC/C=C\CCCCCCCCCCCCCCCCOCC(COC1OC(CO)C(O)C(OS(=O)(=O)O)C1O)OC(=O)CCCCC. The maximum Gasteiger partial charge on any atom is 0.397 e. The lowest BCUT2D eigenvalue weighted by molar-refractivity contribution is -0.301. The number of allylic oxidation sites excluding steroid dienone is 2. The smallest absolute Gasteiger partial charge is 0.397 e. The van der Waals surface area contributed by atoms with Gasteiger partial charge in [0.25, 0.3) is 0 Å². The number of hydrogen-bond donors (Lipinski definition) is 4. The van der Waals surface area contributed by atoms with Crippen LogP contribution in [0.1, 0.15) is 194 Å². The largest absolute Gasteiger partial charge is 0.457 e. The molecule has 0 radical (unpaired) electrons. The molecule has 4 N–H and O–H groups in total. The zero-order chi connectivity index (χ0) is 41.1. The minimum absolute atomic E-state index is 0.0378. The Labute approximate surface area is 340 Å². The van der Waals surface area contributed by atoms with Crippen molar-refractivity contribution in [1.29, 1.82) is 0 Å². The van der Waals surface area contributed by atoms with Crippen molar-refractivity contribution >= 4 is 16.4 Å². The molecule has 332 valence electrons. The first-order chi connectivity index (χ1) is 27.1. The summed E-state index contributed by atoms with van der Waals surface area (Å²) in [6.45, 7) is 3.81. The van der Waals surface area contributed by atoms with Gasteiger partial charge in [-0.3, -0.25) is 9.35 Å². The Morgan fingerprint density at radius 3 is 1.61 bits per heavy atom. The number of ether oxygens (including phenoxy) is 4. The van der Waals surface area contributed by atoms with Crippen LogP contribution in [-0.2, 0) is 38.3 Å². The maximum atomic E-state index is 12.5. The van der Waals surface area contributed by atoms with Crippen molar-refractivity contribution in [2.75, 3.05) is 26.4 Å². The molecular formula is C43H82O12S. The van der Waals surface area contributed by atoms with Crippen molar-refractivity contribution in [2.45, 2.75) is 230 Å². The molecule has 1 rings (SSSR count). The lowest BCUT2D eigenvalue weighted by Gasteiger charge is -2.41. The summed E-state index contributed by atoms with van der Waals surface area (Å²) in [6, 6.07) is 0. The Hall–Kier alpha value is -1.16. The Bertz CT molecular complexity index is 1040. The first kappa shape index (κ1) is 52.9. The molecule has 12 nitrogen and oxygen atoms in total. The minimum Gasteiger partial charge on any atom is -0.457 e. The van der Waals surface area contributed by atoms with Crippen molar-refractivity contribution < 1.29 is 56.2 Å². The molecule has 13 heteroatoms. The summed E-state index contributed by atoms with van der Waals surface area (Å²) in [5, 5.41) is 30.4. The molecule has 1 fully saturated rings. The van der Waals surface area contributed by atoms with E-state index in [0.717, 1.165) is 32.1 Å². The zero-order valence-corrected chi connectivity index (χ0v) is 36.0. The third kappa shape index (κ3) is 29.1. The van der Waals surface area contributed by atoms with Gasteiger partial charge >= 0.3 is 16.4 Å². The monoisotopic (exact) mass is 823 g/mol. The van der Waals surface area contributed by atoms with Crippen LogP contribution in [0.3, 0.4) is 0 Å². The average Bonchev–Trinajstić information content (AvgIpc) is 3.16. The number of rotatable bonds is 39. The molecule has 1 aliphatic rings. The van der Waals surface area contributed by atoms with Crippen molar-refractivity contribution in [3.05, 3.63) is 12.2 Å². The van der Waals surface area contributed by atoms with Crippen LogP contribution in [0.25, 0.3) is 0 Å². The Balaban J connectivity index is 2.13. The van der Waals surface area contributed by atoms with Crippen LogP contribution >= 0.6 is 0 Å². The highest BCUT2D eigenvalue weighted by Gasteiger charge is 2.48. The van der Waals surface area contributed by atoms with Crippen LogP contribution < -0.4 is 0 Å². The summed E-state index contributed by atoms with van der Waals surface area (Å²) in [5.74, 6) is -0.421. The predicted octanol–water partition coefficient (Wildman–Crippen LogP) is 9.08. The van der Waals surface area contributed by atoms with Crippen molar-refractivity contribution in [2.24, 2.45) is 0 Å². The van der Waals surface area contributed by atoms with Gasteiger partial charge in [0.15, 0.2) is 6.29 Å². The van der Waals surface area contributed by atoms with Gasteiger partial charge in [-0.15, -0.1) is 0 Å². The first-order valence-electron chi connectivity index (χ1n) is 22.4. The molecule has 0 aromatic carbocycles.